The molecule has 134 valence electrons. The van der Waals surface area contributed by atoms with E-state index in [-0.39, 0.29) is 42.6 Å². The SMILES string of the molecule is CN1C(=O)C[C@@H]2CN(C(=O)CCNC(=O)c3ccc(F)cc3)CC[C@@H]21. The van der Waals surface area contributed by atoms with Crippen molar-refractivity contribution >= 4 is 17.7 Å². The van der Waals surface area contributed by atoms with E-state index in [2.05, 4.69) is 5.32 Å². The van der Waals surface area contributed by atoms with E-state index in [1.165, 1.54) is 24.3 Å². The lowest BCUT2D eigenvalue weighted by Crippen LogP contribution is -2.48. The molecule has 6 nitrogen and oxygen atoms in total. The predicted octanol–water partition coefficient (Wildman–Crippen LogP) is 1.02. The molecule has 1 aromatic carbocycles. The molecule has 3 amide bonds. The molecule has 25 heavy (non-hydrogen) atoms. The van der Waals surface area contributed by atoms with Gasteiger partial charge in [-0.05, 0) is 30.7 Å². The highest BCUT2D eigenvalue weighted by Gasteiger charge is 2.41. The van der Waals surface area contributed by atoms with Crippen LogP contribution in [0.2, 0.25) is 0 Å². The molecule has 0 aromatic heterocycles. The fraction of sp³-hybridized carbons (Fsp3) is 0.500. The van der Waals surface area contributed by atoms with Crippen LogP contribution in [0.4, 0.5) is 4.39 Å². The molecule has 0 aliphatic carbocycles. The average molecular weight is 347 g/mol. The van der Waals surface area contributed by atoms with E-state index >= 15 is 0 Å². The summed E-state index contributed by atoms with van der Waals surface area (Å²) >= 11 is 0. The molecule has 2 fully saturated rings. The van der Waals surface area contributed by atoms with Crippen molar-refractivity contribution in [2.75, 3.05) is 26.7 Å². The number of carbonyl (C=O) groups is 3. The molecular weight excluding hydrogens is 325 g/mol. The van der Waals surface area contributed by atoms with Crippen molar-refractivity contribution in [3.8, 4) is 0 Å². The van der Waals surface area contributed by atoms with Crippen molar-refractivity contribution in [1.29, 1.82) is 0 Å². The van der Waals surface area contributed by atoms with Crippen molar-refractivity contribution in [2.45, 2.75) is 25.3 Å². The van der Waals surface area contributed by atoms with Crippen LogP contribution in [0.3, 0.4) is 0 Å². The molecule has 0 spiro atoms. The first-order chi connectivity index (χ1) is 12.0. The van der Waals surface area contributed by atoms with E-state index in [1.807, 2.05) is 7.05 Å². The van der Waals surface area contributed by atoms with Gasteiger partial charge in [-0.1, -0.05) is 0 Å². The summed E-state index contributed by atoms with van der Waals surface area (Å²) in [6.45, 7) is 1.48. The minimum Gasteiger partial charge on any atom is -0.352 e. The number of likely N-dealkylation sites (tertiary alicyclic amines) is 2. The standard InChI is InChI=1S/C18H22FN3O3/c1-21-15-7-9-22(11-13(15)10-17(21)24)16(23)6-8-20-18(25)12-2-4-14(19)5-3-12/h2-5,13,15H,6-11H2,1H3,(H,20,25)/t13-,15+/m1/s1. The van der Waals surface area contributed by atoms with Crippen molar-refractivity contribution in [3.63, 3.8) is 0 Å². The second-order valence-corrected chi connectivity index (χ2v) is 6.68. The minimum atomic E-state index is -0.397. The van der Waals surface area contributed by atoms with Crippen LogP contribution in [-0.2, 0) is 9.59 Å². The van der Waals surface area contributed by atoms with Gasteiger partial charge in [-0.25, -0.2) is 4.39 Å². The second kappa shape index (κ2) is 7.21. The molecule has 2 heterocycles. The smallest absolute Gasteiger partial charge is 0.251 e. The molecular formula is C18H22FN3O3. The summed E-state index contributed by atoms with van der Waals surface area (Å²) in [5.74, 6) is -0.375. The van der Waals surface area contributed by atoms with Crippen LogP contribution in [0.1, 0.15) is 29.6 Å². The fourth-order valence-corrected chi connectivity index (χ4v) is 3.65. The van der Waals surface area contributed by atoms with Gasteiger partial charge in [-0.2, -0.15) is 0 Å². The molecule has 1 N–H and O–H groups in total. The number of rotatable bonds is 4. The van der Waals surface area contributed by atoms with Gasteiger partial charge in [0.15, 0.2) is 0 Å². The summed E-state index contributed by atoms with van der Waals surface area (Å²) in [6, 6.07) is 5.51. The van der Waals surface area contributed by atoms with Crippen LogP contribution in [0.5, 0.6) is 0 Å². The average Bonchev–Trinajstić information content (AvgIpc) is 2.89. The third kappa shape index (κ3) is 3.81. The Morgan fingerprint density at radius 2 is 2.00 bits per heavy atom. The van der Waals surface area contributed by atoms with Crippen LogP contribution in [0, 0.1) is 11.7 Å². The first kappa shape index (κ1) is 17.4. The topological polar surface area (TPSA) is 69.7 Å². The molecule has 2 atom stereocenters. The quantitative estimate of drug-likeness (QED) is 0.884. The highest BCUT2D eigenvalue weighted by molar-refractivity contribution is 5.94. The lowest BCUT2D eigenvalue weighted by atomic mass is 9.92. The van der Waals surface area contributed by atoms with Crippen LogP contribution in [-0.4, -0.2) is 60.2 Å². The van der Waals surface area contributed by atoms with Crippen molar-refractivity contribution in [2.24, 2.45) is 5.92 Å². The maximum absolute atomic E-state index is 12.8. The van der Waals surface area contributed by atoms with E-state index in [0.717, 1.165) is 6.42 Å². The number of fused-ring (bicyclic) bond motifs is 1. The molecule has 2 saturated heterocycles. The van der Waals surface area contributed by atoms with Gasteiger partial charge in [0, 0.05) is 57.0 Å². The Labute approximate surface area is 146 Å². The van der Waals surface area contributed by atoms with Crippen molar-refractivity contribution in [1.82, 2.24) is 15.1 Å². The van der Waals surface area contributed by atoms with Crippen LogP contribution in [0.15, 0.2) is 24.3 Å². The molecule has 7 heteroatoms. The van der Waals surface area contributed by atoms with Crippen LogP contribution in [0.25, 0.3) is 0 Å². The summed E-state index contributed by atoms with van der Waals surface area (Å²) in [7, 11) is 1.83. The van der Waals surface area contributed by atoms with E-state index in [1.54, 1.807) is 9.80 Å². The molecule has 2 aliphatic rings. The lowest BCUT2D eigenvalue weighted by Gasteiger charge is -2.36. The van der Waals surface area contributed by atoms with Crippen LogP contribution < -0.4 is 5.32 Å². The molecule has 3 rings (SSSR count). The second-order valence-electron chi connectivity index (χ2n) is 6.68. The molecule has 0 bridgehead atoms. The van der Waals surface area contributed by atoms with Gasteiger partial charge >= 0.3 is 0 Å². The largest absolute Gasteiger partial charge is 0.352 e. The Kier molecular flexibility index (Phi) is 5.01. The van der Waals surface area contributed by atoms with Gasteiger partial charge in [0.1, 0.15) is 5.82 Å². The van der Waals surface area contributed by atoms with Gasteiger partial charge in [0.05, 0.1) is 0 Å². The maximum Gasteiger partial charge on any atom is 0.251 e. The highest BCUT2D eigenvalue weighted by Crippen LogP contribution is 2.31. The van der Waals surface area contributed by atoms with E-state index < -0.39 is 5.82 Å². The Balaban J connectivity index is 1.45. The summed E-state index contributed by atoms with van der Waals surface area (Å²) in [5, 5.41) is 2.68. The summed E-state index contributed by atoms with van der Waals surface area (Å²) in [5.41, 5.74) is 0.363. The van der Waals surface area contributed by atoms with Gasteiger partial charge in [-0.15, -0.1) is 0 Å². The molecule has 0 unspecified atom stereocenters. The number of hydrogen-bond acceptors (Lipinski definition) is 3. The maximum atomic E-state index is 12.8. The third-order valence-corrected chi connectivity index (χ3v) is 5.11. The zero-order valence-corrected chi connectivity index (χ0v) is 14.2. The number of amides is 3. The van der Waals surface area contributed by atoms with E-state index in [4.69, 9.17) is 0 Å². The highest BCUT2D eigenvalue weighted by atomic mass is 19.1. The number of benzene rings is 1. The zero-order chi connectivity index (χ0) is 18.0. The number of hydrogen-bond donors (Lipinski definition) is 1. The Bertz CT molecular complexity index is 677. The number of nitrogens with zero attached hydrogens (tertiary/aromatic N) is 2. The van der Waals surface area contributed by atoms with Crippen molar-refractivity contribution in [3.05, 3.63) is 35.6 Å². The molecule has 2 aliphatic heterocycles. The lowest BCUT2D eigenvalue weighted by molar-refractivity contribution is -0.133. The molecule has 0 radical (unpaired) electrons. The predicted molar refractivity (Wildman–Crippen MR) is 89.2 cm³/mol. The van der Waals surface area contributed by atoms with Gasteiger partial charge in [0.2, 0.25) is 11.8 Å². The van der Waals surface area contributed by atoms with E-state index in [0.29, 0.717) is 25.1 Å². The number of carbonyl (C=O) groups excluding carboxylic acids is 3. The first-order valence-electron chi connectivity index (χ1n) is 8.53. The molecule has 0 saturated carbocycles. The summed E-state index contributed by atoms with van der Waals surface area (Å²) in [4.78, 5) is 39.6. The minimum absolute atomic E-state index is 0.0140. The van der Waals surface area contributed by atoms with Gasteiger partial charge in [-0.3, -0.25) is 14.4 Å². The molecule has 1 aromatic rings. The number of piperidine rings is 1. The Morgan fingerprint density at radius 1 is 1.28 bits per heavy atom. The Morgan fingerprint density at radius 3 is 2.72 bits per heavy atom. The zero-order valence-electron chi connectivity index (χ0n) is 14.2. The summed E-state index contributed by atoms with van der Waals surface area (Å²) < 4.78 is 12.8. The Hall–Kier alpha value is -2.44. The van der Waals surface area contributed by atoms with Crippen LogP contribution >= 0.6 is 0 Å². The monoisotopic (exact) mass is 347 g/mol. The fourth-order valence-electron chi connectivity index (χ4n) is 3.65. The first-order valence-corrected chi connectivity index (χ1v) is 8.53. The number of halogens is 1. The van der Waals surface area contributed by atoms with Gasteiger partial charge < -0.3 is 15.1 Å². The van der Waals surface area contributed by atoms with Gasteiger partial charge in [0.25, 0.3) is 5.91 Å². The summed E-state index contributed by atoms with van der Waals surface area (Å²) in [6.07, 6.45) is 1.53. The number of nitrogens with one attached hydrogen (secondary N) is 1. The normalized spacial score (nSPS) is 22.7. The third-order valence-electron chi connectivity index (χ3n) is 5.11. The van der Waals surface area contributed by atoms with E-state index in [9.17, 15) is 18.8 Å². The van der Waals surface area contributed by atoms with Crippen molar-refractivity contribution < 1.29 is 18.8 Å².